The molecule has 57 heavy (non-hydrogen) atoms. The average molecular weight is 967 g/mol. The Morgan fingerprint density at radius 1 is 0.649 bits per heavy atom. The number of carbonyl (C=O) groups excluding carboxylic acids is 5. The third-order valence-corrected chi connectivity index (χ3v) is 16.8. The molecule has 0 amide bonds. The maximum absolute atomic E-state index is 13.3. The zero-order valence-corrected chi connectivity index (χ0v) is 41.2. The Kier molecular flexibility index (Phi) is 25.2. The number of unbranched alkanes of at least 4 members (excludes halogenated alkanes) is 2. The SMILES string of the molecule is CCCCOC(=O)C(CCc1ccc(CCC(CC(C)(Br)C(=O)OCCC[Si](C)(OC)OC)C(=O)OCCCC)cc1)CC(C)(Br)C(=O)OCCC[Si](C)(C)C=O. The molecular weight excluding hydrogens is 896 g/mol. The Morgan fingerprint density at radius 2 is 1.02 bits per heavy atom. The standard InChI is InChI=1S/C42H70Br2O11Si2/c1-10-12-24-52-37(46)35(30-41(3,43)39(48)54-26-14-28-56(7,8)32-45)22-20-33-16-18-34(19-17-33)21-23-36(38(47)53-25-13-11-2)31-42(4,44)40(49)55-27-15-29-57(9,50-5)51-6/h16-19,32,35-36H,10-15,20-31H2,1-9H3. The minimum absolute atomic E-state index is 0.210. The lowest BCUT2D eigenvalue weighted by Crippen LogP contribution is -2.37. The van der Waals surface area contributed by atoms with Crippen molar-refractivity contribution in [1.82, 2.24) is 0 Å². The summed E-state index contributed by atoms with van der Waals surface area (Å²) in [5.41, 5.74) is 2.05. The van der Waals surface area contributed by atoms with Crippen molar-refractivity contribution in [3.63, 3.8) is 0 Å². The van der Waals surface area contributed by atoms with Gasteiger partial charge < -0.3 is 32.6 Å². The minimum atomic E-state index is -2.27. The third-order valence-electron chi connectivity index (χ3n) is 10.2. The maximum atomic E-state index is 13.3. The number of rotatable bonds is 31. The van der Waals surface area contributed by atoms with Crippen LogP contribution in [-0.2, 0) is 64.6 Å². The summed E-state index contributed by atoms with van der Waals surface area (Å²) in [5, 5.41) is 0. The molecule has 0 bridgehead atoms. The fourth-order valence-corrected chi connectivity index (χ4v) is 9.57. The molecule has 1 rings (SSSR count). The van der Waals surface area contributed by atoms with Gasteiger partial charge in [0.05, 0.1) is 44.2 Å². The molecule has 0 saturated heterocycles. The molecule has 15 heteroatoms. The number of ether oxygens (including phenoxy) is 4. The first-order valence-corrected chi connectivity index (χ1v) is 27.9. The smallest absolute Gasteiger partial charge is 0.334 e. The number of esters is 4. The van der Waals surface area contributed by atoms with E-state index in [1.54, 1.807) is 28.1 Å². The molecule has 11 nitrogen and oxygen atoms in total. The highest BCUT2D eigenvalue weighted by atomic mass is 79.9. The summed E-state index contributed by atoms with van der Waals surface area (Å²) in [4.78, 5) is 64.0. The average Bonchev–Trinajstić information content (AvgIpc) is 3.18. The van der Waals surface area contributed by atoms with Gasteiger partial charge in [0.25, 0.3) is 0 Å². The second-order valence-electron chi connectivity index (χ2n) is 16.3. The van der Waals surface area contributed by atoms with Crippen molar-refractivity contribution in [2.24, 2.45) is 11.8 Å². The predicted octanol–water partition coefficient (Wildman–Crippen LogP) is 9.27. The first kappa shape index (κ1) is 53.1. The molecule has 4 unspecified atom stereocenters. The van der Waals surface area contributed by atoms with E-state index >= 15 is 0 Å². The van der Waals surface area contributed by atoms with Crippen LogP contribution in [0.15, 0.2) is 24.3 Å². The topological polar surface area (TPSA) is 141 Å². The van der Waals surface area contributed by atoms with Crippen LogP contribution >= 0.6 is 31.9 Å². The zero-order chi connectivity index (χ0) is 43.1. The van der Waals surface area contributed by atoms with Crippen molar-refractivity contribution in [2.45, 2.75) is 145 Å². The van der Waals surface area contributed by atoms with E-state index in [-0.39, 0.29) is 38.0 Å². The summed E-state index contributed by atoms with van der Waals surface area (Å²) in [7, 11) is -0.938. The summed E-state index contributed by atoms with van der Waals surface area (Å²) >= 11 is 7.11. The predicted molar refractivity (Wildman–Crippen MR) is 236 cm³/mol. The van der Waals surface area contributed by atoms with Gasteiger partial charge in [0.15, 0.2) is 0 Å². The number of aryl methyl sites for hydroxylation is 2. The highest BCUT2D eigenvalue weighted by Gasteiger charge is 2.39. The van der Waals surface area contributed by atoms with Crippen LogP contribution in [-0.4, -0.2) is 95.7 Å². The summed E-state index contributed by atoms with van der Waals surface area (Å²) in [6.45, 7) is 14.5. The Labute approximate surface area is 361 Å². The van der Waals surface area contributed by atoms with Gasteiger partial charge in [-0.1, -0.05) is 95.9 Å². The first-order chi connectivity index (χ1) is 26.8. The number of halogens is 2. The van der Waals surface area contributed by atoms with E-state index in [0.29, 0.717) is 57.8 Å². The molecule has 0 saturated carbocycles. The maximum Gasteiger partial charge on any atom is 0.334 e. The van der Waals surface area contributed by atoms with Gasteiger partial charge in [-0.15, -0.1) is 0 Å². The second-order valence-corrected chi connectivity index (χ2v) is 28.1. The molecule has 0 fully saturated rings. The highest BCUT2D eigenvalue weighted by Crippen LogP contribution is 2.33. The van der Waals surface area contributed by atoms with Crippen molar-refractivity contribution in [3.05, 3.63) is 35.4 Å². The van der Waals surface area contributed by atoms with Crippen molar-refractivity contribution in [2.75, 3.05) is 40.6 Å². The molecule has 4 atom stereocenters. The molecule has 0 aromatic heterocycles. The quantitative estimate of drug-likeness (QED) is 0.0176. The normalized spacial score (nSPS) is 15.1. The molecule has 0 spiro atoms. The van der Waals surface area contributed by atoms with Crippen LogP contribution in [0.4, 0.5) is 0 Å². The van der Waals surface area contributed by atoms with Crippen molar-refractivity contribution >= 4 is 78.3 Å². The van der Waals surface area contributed by atoms with Gasteiger partial charge in [-0.2, -0.15) is 0 Å². The van der Waals surface area contributed by atoms with Gasteiger partial charge in [0.2, 0.25) is 0 Å². The minimum Gasteiger partial charge on any atom is -0.465 e. The lowest BCUT2D eigenvalue weighted by Gasteiger charge is -2.26. The second kappa shape index (κ2) is 27.0. The first-order valence-electron chi connectivity index (χ1n) is 20.5. The molecule has 0 heterocycles. The van der Waals surface area contributed by atoms with E-state index in [2.05, 4.69) is 31.9 Å². The van der Waals surface area contributed by atoms with Crippen LogP contribution < -0.4 is 0 Å². The van der Waals surface area contributed by atoms with Crippen molar-refractivity contribution in [3.8, 4) is 0 Å². The zero-order valence-electron chi connectivity index (χ0n) is 36.0. The number of hydrogen-bond donors (Lipinski definition) is 0. The van der Waals surface area contributed by atoms with Crippen molar-refractivity contribution in [1.29, 1.82) is 0 Å². The number of hydrogen-bond acceptors (Lipinski definition) is 11. The van der Waals surface area contributed by atoms with Gasteiger partial charge in [0.1, 0.15) is 16.7 Å². The van der Waals surface area contributed by atoms with E-state index in [4.69, 9.17) is 27.8 Å². The van der Waals surface area contributed by atoms with E-state index < -0.39 is 49.1 Å². The molecule has 0 N–H and O–H groups in total. The van der Waals surface area contributed by atoms with E-state index in [1.807, 2.05) is 57.8 Å². The summed E-state index contributed by atoms with van der Waals surface area (Å²) in [6, 6.07) is 9.48. The lowest BCUT2D eigenvalue weighted by molar-refractivity contribution is -0.153. The van der Waals surface area contributed by atoms with Crippen LogP contribution in [0.3, 0.4) is 0 Å². The highest BCUT2D eigenvalue weighted by molar-refractivity contribution is 9.10. The summed E-state index contributed by atoms with van der Waals surface area (Å²) in [5.74, 6) is -1.57. The van der Waals surface area contributed by atoms with Crippen molar-refractivity contribution < 1.29 is 51.8 Å². The fourth-order valence-electron chi connectivity index (χ4n) is 6.02. The Balaban J connectivity index is 2.95. The molecule has 0 aliphatic rings. The summed E-state index contributed by atoms with van der Waals surface area (Å²) in [6.07, 6.45) is 7.10. The van der Waals surface area contributed by atoms with E-state index in [0.717, 1.165) is 48.8 Å². The Morgan fingerprint density at radius 3 is 1.37 bits per heavy atom. The molecule has 0 aliphatic heterocycles. The Hall–Kier alpha value is -1.92. The lowest BCUT2D eigenvalue weighted by atomic mass is 9.89. The largest absolute Gasteiger partial charge is 0.465 e. The molecule has 1 aromatic rings. The molecule has 0 radical (unpaired) electrons. The third kappa shape index (κ3) is 21.3. The molecule has 326 valence electrons. The van der Waals surface area contributed by atoms with E-state index in [1.165, 1.54) is 0 Å². The van der Waals surface area contributed by atoms with E-state index in [9.17, 15) is 24.0 Å². The van der Waals surface area contributed by atoms with Crippen LogP contribution in [0.25, 0.3) is 0 Å². The summed E-state index contributed by atoms with van der Waals surface area (Å²) < 4.78 is 31.3. The van der Waals surface area contributed by atoms with Gasteiger partial charge in [0, 0.05) is 14.2 Å². The van der Waals surface area contributed by atoms with Crippen LogP contribution in [0.5, 0.6) is 0 Å². The van der Waals surface area contributed by atoms with Crippen LogP contribution in [0.2, 0.25) is 31.7 Å². The monoisotopic (exact) mass is 964 g/mol. The van der Waals surface area contributed by atoms with Crippen LogP contribution in [0.1, 0.15) is 103 Å². The molecule has 0 aliphatic carbocycles. The number of carbonyl (C=O) groups is 5. The number of benzene rings is 1. The fraction of sp³-hybridized carbons (Fsp3) is 0.738. The van der Waals surface area contributed by atoms with Crippen LogP contribution in [0, 0.1) is 11.8 Å². The Bertz CT molecular complexity index is 1370. The van der Waals surface area contributed by atoms with Gasteiger partial charge in [-0.25, -0.2) is 0 Å². The molecular formula is C42H70Br2O11Si2. The van der Waals surface area contributed by atoms with Gasteiger partial charge in [-0.3, -0.25) is 19.2 Å². The molecule has 1 aromatic carbocycles. The van der Waals surface area contributed by atoms with Gasteiger partial charge >= 0.3 is 32.4 Å². The van der Waals surface area contributed by atoms with Gasteiger partial charge in [-0.05, 0) is 108 Å². The number of alkyl halides is 2.